The molecule has 2 saturated heterocycles. The second kappa shape index (κ2) is 5.48. The van der Waals surface area contributed by atoms with Gasteiger partial charge in [-0.25, -0.2) is 0 Å². The van der Waals surface area contributed by atoms with Gasteiger partial charge in [-0.05, 0) is 40.2 Å². The summed E-state index contributed by atoms with van der Waals surface area (Å²) in [6.45, 7) is 13.2. The minimum Gasteiger partial charge on any atom is -0.312 e. The zero-order chi connectivity index (χ0) is 11.5. The molecule has 0 aromatic heterocycles. The Hall–Kier alpha value is -0.120. The van der Waals surface area contributed by atoms with E-state index in [1.54, 1.807) is 0 Å². The van der Waals surface area contributed by atoms with E-state index in [2.05, 4.69) is 35.9 Å². The summed E-state index contributed by atoms with van der Waals surface area (Å²) in [4.78, 5) is 5.33. The molecule has 2 aliphatic rings. The number of likely N-dealkylation sites (tertiary alicyclic amines) is 1. The molecule has 3 heteroatoms. The van der Waals surface area contributed by atoms with E-state index in [4.69, 9.17) is 0 Å². The number of hydrogen-bond donors (Lipinski definition) is 1. The zero-order valence-electron chi connectivity index (χ0n) is 11.1. The van der Waals surface area contributed by atoms with Crippen LogP contribution in [0.1, 0.15) is 33.6 Å². The number of hydrogen-bond acceptors (Lipinski definition) is 3. The van der Waals surface area contributed by atoms with E-state index in [1.165, 1.54) is 39.0 Å². The maximum Gasteiger partial charge on any atom is 0.0226 e. The maximum absolute atomic E-state index is 3.52. The first-order valence-electron chi connectivity index (χ1n) is 6.88. The van der Waals surface area contributed by atoms with Gasteiger partial charge in [0, 0.05) is 44.3 Å². The lowest BCUT2D eigenvalue weighted by molar-refractivity contribution is 0.126. The topological polar surface area (TPSA) is 18.5 Å². The minimum absolute atomic E-state index is 0.669. The van der Waals surface area contributed by atoms with E-state index in [0.717, 1.165) is 12.6 Å². The van der Waals surface area contributed by atoms with Crippen LogP contribution in [-0.4, -0.2) is 60.6 Å². The first-order valence-corrected chi connectivity index (χ1v) is 6.88. The fourth-order valence-corrected chi connectivity index (χ4v) is 3.21. The van der Waals surface area contributed by atoms with Crippen molar-refractivity contribution in [1.82, 2.24) is 15.1 Å². The smallest absolute Gasteiger partial charge is 0.0226 e. The van der Waals surface area contributed by atoms with E-state index in [-0.39, 0.29) is 0 Å². The highest BCUT2D eigenvalue weighted by molar-refractivity contribution is 4.86. The van der Waals surface area contributed by atoms with Crippen LogP contribution in [0.25, 0.3) is 0 Å². The lowest BCUT2D eigenvalue weighted by Crippen LogP contribution is -2.53. The van der Waals surface area contributed by atoms with Crippen LogP contribution >= 0.6 is 0 Å². The van der Waals surface area contributed by atoms with Crippen molar-refractivity contribution in [1.29, 1.82) is 0 Å². The van der Waals surface area contributed by atoms with Gasteiger partial charge in [0.1, 0.15) is 0 Å². The third kappa shape index (κ3) is 2.96. The number of rotatable bonds is 3. The summed E-state index contributed by atoms with van der Waals surface area (Å²) in [5.74, 6) is 0. The van der Waals surface area contributed by atoms with Crippen LogP contribution in [0, 0.1) is 0 Å². The lowest BCUT2D eigenvalue weighted by Gasteiger charge is -2.37. The molecule has 16 heavy (non-hydrogen) atoms. The van der Waals surface area contributed by atoms with E-state index >= 15 is 0 Å². The Labute approximate surface area is 100 Å². The van der Waals surface area contributed by atoms with Crippen molar-refractivity contribution in [2.45, 2.75) is 51.7 Å². The zero-order valence-corrected chi connectivity index (χ0v) is 11.1. The molecule has 2 rings (SSSR count). The SMILES string of the molecule is CC1CN(CC2CCCN2C(C)C)CCN1. The molecule has 0 aromatic carbocycles. The van der Waals surface area contributed by atoms with Crippen LogP contribution in [0.4, 0.5) is 0 Å². The second-order valence-corrected chi connectivity index (χ2v) is 5.74. The summed E-state index contributed by atoms with van der Waals surface area (Å²) in [7, 11) is 0. The average Bonchev–Trinajstić information content (AvgIpc) is 2.66. The van der Waals surface area contributed by atoms with Crippen LogP contribution in [0.15, 0.2) is 0 Å². The normalized spacial score (nSPS) is 33.8. The van der Waals surface area contributed by atoms with Crippen LogP contribution in [0.2, 0.25) is 0 Å². The number of nitrogens with zero attached hydrogens (tertiary/aromatic N) is 2. The van der Waals surface area contributed by atoms with E-state index in [9.17, 15) is 0 Å². The van der Waals surface area contributed by atoms with Gasteiger partial charge in [0.05, 0.1) is 0 Å². The summed E-state index contributed by atoms with van der Waals surface area (Å²) in [5.41, 5.74) is 0. The summed E-state index contributed by atoms with van der Waals surface area (Å²) in [6.07, 6.45) is 2.79. The van der Waals surface area contributed by atoms with Gasteiger partial charge in [0.25, 0.3) is 0 Å². The van der Waals surface area contributed by atoms with Crippen molar-refractivity contribution >= 4 is 0 Å². The molecule has 3 nitrogen and oxygen atoms in total. The molecule has 0 aromatic rings. The molecule has 2 aliphatic heterocycles. The van der Waals surface area contributed by atoms with Gasteiger partial charge < -0.3 is 5.32 Å². The Kier molecular flexibility index (Phi) is 4.22. The molecule has 2 heterocycles. The molecule has 0 aliphatic carbocycles. The van der Waals surface area contributed by atoms with Crippen molar-refractivity contribution in [3.05, 3.63) is 0 Å². The molecular formula is C13H27N3. The summed E-state index contributed by atoms with van der Waals surface area (Å²) >= 11 is 0. The lowest BCUT2D eigenvalue weighted by atomic mass is 10.1. The second-order valence-electron chi connectivity index (χ2n) is 5.74. The van der Waals surface area contributed by atoms with Gasteiger partial charge in [-0.1, -0.05) is 0 Å². The monoisotopic (exact) mass is 225 g/mol. The minimum atomic E-state index is 0.669. The molecular weight excluding hydrogens is 198 g/mol. The predicted octanol–water partition coefficient (Wildman–Crippen LogP) is 1.15. The van der Waals surface area contributed by atoms with Gasteiger partial charge in [0.2, 0.25) is 0 Å². The molecule has 0 amide bonds. The van der Waals surface area contributed by atoms with Crippen molar-refractivity contribution in [3.63, 3.8) is 0 Å². The van der Waals surface area contributed by atoms with Gasteiger partial charge >= 0.3 is 0 Å². The molecule has 0 spiro atoms. The Morgan fingerprint density at radius 3 is 2.81 bits per heavy atom. The summed E-state index contributed by atoms with van der Waals surface area (Å²) < 4.78 is 0. The Morgan fingerprint density at radius 1 is 1.31 bits per heavy atom. The van der Waals surface area contributed by atoms with Crippen molar-refractivity contribution in [2.24, 2.45) is 0 Å². The number of piperazine rings is 1. The first-order chi connectivity index (χ1) is 7.66. The van der Waals surface area contributed by atoms with Gasteiger partial charge in [-0.15, -0.1) is 0 Å². The Bertz CT molecular complexity index is 217. The van der Waals surface area contributed by atoms with Gasteiger partial charge in [-0.2, -0.15) is 0 Å². The molecule has 94 valence electrons. The third-order valence-electron chi connectivity index (χ3n) is 4.01. The molecule has 0 bridgehead atoms. The van der Waals surface area contributed by atoms with Crippen LogP contribution in [-0.2, 0) is 0 Å². The molecule has 2 atom stereocenters. The van der Waals surface area contributed by atoms with E-state index < -0.39 is 0 Å². The largest absolute Gasteiger partial charge is 0.312 e. The highest BCUT2D eigenvalue weighted by Gasteiger charge is 2.29. The fraction of sp³-hybridized carbons (Fsp3) is 1.00. The standard InChI is InChI=1S/C13H27N3/c1-11(2)16-7-4-5-13(16)10-15-8-6-14-12(3)9-15/h11-14H,4-10H2,1-3H3. The predicted molar refractivity (Wildman–Crippen MR) is 68.8 cm³/mol. The quantitative estimate of drug-likeness (QED) is 0.777. The van der Waals surface area contributed by atoms with Crippen molar-refractivity contribution in [2.75, 3.05) is 32.7 Å². The summed E-state index contributed by atoms with van der Waals surface area (Å²) in [6, 6.07) is 2.20. The van der Waals surface area contributed by atoms with E-state index in [1.807, 2.05) is 0 Å². The van der Waals surface area contributed by atoms with E-state index in [0.29, 0.717) is 12.1 Å². The summed E-state index contributed by atoms with van der Waals surface area (Å²) in [5, 5.41) is 3.52. The first kappa shape index (κ1) is 12.3. The van der Waals surface area contributed by atoms with Crippen LogP contribution < -0.4 is 5.32 Å². The molecule has 1 N–H and O–H groups in total. The average molecular weight is 225 g/mol. The molecule has 0 saturated carbocycles. The highest BCUT2D eigenvalue weighted by atomic mass is 15.3. The molecule has 2 unspecified atom stereocenters. The number of nitrogens with one attached hydrogen (secondary N) is 1. The van der Waals surface area contributed by atoms with Crippen LogP contribution in [0.5, 0.6) is 0 Å². The highest BCUT2D eigenvalue weighted by Crippen LogP contribution is 2.21. The van der Waals surface area contributed by atoms with Crippen molar-refractivity contribution < 1.29 is 0 Å². The van der Waals surface area contributed by atoms with Crippen molar-refractivity contribution in [3.8, 4) is 0 Å². The Morgan fingerprint density at radius 2 is 2.12 bits per heavy atom. The third-order valence-corrected chi connectivity index (χ3v) is 4.01. The van der Waals surface area contributed by atoms with Gasteiger partial charge in [-0.3, -0.25) is 9.80 Å². The maximum atomic E-state index is 3.52. The fourth-order valence-electron chi connectivity index (χ4n) is 3.21. The Balaban J connectivity index is 1.83. The molecule has 2 fully saturated rings. The molecule has 0 radical (unpaired) electrons. The van der Waals surface area contributed by atoms with Gasteiger partial charge in [0.15, 0.2) is 0 Å². The van der Waals surface area contributed by atoms with Crippen LogP contribution in [0.3, 0.4) is 0 Å².